The third-order valence-corrected chi connectivity index (χ3v) is 5.19. The van der Waals surface area contributed by atoms with Gasteiger partial charge in [0.05, 0.1) is 18.7 Å². The Hall–Kier alpha value is -2.74. The lowest BCUT2D eigenvalue weighted by Crippen LogP contribution is -2.50. The first-order chi connectivity index (χ1) is 13.6. The maximum atomic E-state index is 10.1. The van der Waals surface area contributed by atoms with E-state index in [9.17, 15) is 5.11 Å². The fourth-order valence-electron chi connectivity index (χ4n) is 3.64. The molecule has 2 aromatic carbocycles. The molecule has 0 amide bonds. The quantitative estimate of drug-likeness (QED) is 0.626. The molecular formula is C21H25N5O2. The number of ether oxygens (including phenoxy) is 1. The summed E-state index contributed by atoms with van der Waals surface area (Å²) in [5.41, 5.74) is 8.84. The minimum Gasteiger partial charge on any atom is -0.497 e. The minimum atomic E-state index is -0.491. The molecule has 0 radical (unpaired) electrons. The number of aliphatic hydroxyl groups is 1. The standard InChI is InChI=1S/C21H25N5O2/c1-28-16-6-3-5-15(10-16)25-21-20-14(4-2-7-18(20)23-13-24-21)11-26-9-8-17(22)19(27)12-26/h2-7,10,13,17,19,27H,8-9,11-12,22H2,1H3,(H,23,24,25)/t17-,19-/m1/s1. The van der Waals surface area contributed by atoms with Gasteiger partial charge in [0.25, 0.3) is 0 Å². The molecule has 0 saturated carbocycles. The van der Waals surface area contributed by atoms with Crippen LogP contribution in [-0.2, 0) is 6.54 Å². The molecule has 1 aliphatic rings. The number of β-amino-alcohol motifs (C(OH)–C–C–N with tert-alkyl or cyclic N) is 1. The molecule has 0 spiro atoms. The first-order valence-corrected chi connectivity index (χ1v) is 9.43. The summed E-state index contributed by atoms with van der Waals surface area (Å²) in [6, 6.07) is 13.7. The molecule has 4 N–H and O–H groups in total. The predicted octanol–water partition coefficient (Wildman–Crippen LogP) is 2.28. The lowest BCUT2D eigenvalue weighted by Gasteiger charge is -2.34. The van der Waals surface area contributed by atoms with Gasteiger partial charge in [-0.1, -0.05) is 18.2 Å². The number of benzene rings is 2. The number of methoxy groups -OCH3 is 1. The summed E-state index contributed by atoms with van der Waals surface area (Å²) < 4.78 is 5.31. The lowest BCUT2D eigenvalue weighted by molar-refractivity contribution is 0.0501. The van der Waals surface area contributed by atoms with Crippen LogP contribution in [0.15, 0.2) is 48.8 Å². The number of aromatic nitrogens is 2. The molecule has 1 saturated heterocycles. The van der Waals surface area contributed by atoms with E-state index in [4.69, 9.17) is 10.5 Å². The van der Waals surface area contributed by atoms with Crippen LogP contribution in [0.3, 0.4) is 0 Å². The Labute approximate surface area is 164 Å². The van der Waals surface area contributed by atoms with Crippen LogP contribution in [0.4, 0.5) is 11.5 Å². The van der Waals surface area contributed by atoms with E-state index in [1.165, 1.54) is 0 Å². The van der Waals surface area contributed by atoms with Crippen LogP contribution in [0, 0.1) is 0 Å². The maximum Gasteiger partial charge on any atom is 0.142 e. The zero-order valence-electron chi connectivity index (χ0n) is 15.9. The van der Waals surface area contributed by atoms with Crippen LogP contribution in [-0.4, -0.2) is 52.3 Å². The van der Waals surface area contributed by atoms with Gasteiger partial charge in [-0.15, -0.1) is 0 Å². The molecule has 7 heteroatoms. The maximum absolute atomic E-state index is 10.1. The van der Waals surface area contributed by atoms with Crippen molar-refractivity contribution in [3.05, 3.63) is 54.4 Å². The smallest absolute Gasteiger partial charge is 0.142 e. The van der Waals surface area contributed by atoms with Gasteiger partial charge in [-0.3, -0.25) is 4.90 Å². The van der Waals surface area contributed by atoms with Crippen LogP contribution in [0.2, 0.25) is 0 Å². The van der Waals surface area contributed by atoms with Crippen molar-refractivity contribution >= 4 is 22.4 Å². The van der Waals surface area contributed by atoms with E-state index < -0.39 is 6.10 Å². The molecule has 1 aliphatic heterocycles. The molecule has 146 valence electrons. The molecule has 2 heterocycles. The Morgan fingerprint density at radius 2 is 2.11 bits per heavy atom. The van der Waals surface area contributed by atoms with Gasteiger partial charge < -0.3 is 20.9 Å². The molecular weight excluding hydrogens is 354 g/mol. The number of fused-ring (bicyclic) bond motifs is 1. The van der Waals surface area contributed by atoms with Crippen molar-refractivity contribution in [2.24, 2.45) is 5.73 Å². The van der Waals surface area contributed by atoms with Gasteiger partial charge in [-0.25, -0.2) is 9.97 Å². The number of aliphatic hydroxyl groups excluding tert-OH is 1. The highest BCUT2D eigenvalue weighted by atomic mass is 16.5. The average Bonchev–Trinajstić information content (AvgIpc) is 2.71. The van der Waals surface area contributed by atoms with Gasteiger partial charge in [-0.2, -0.15) is 0 Å². The van der Waals surface area contributed by atoms with Crippen molar-refractivity contribution < 1.29 is 9.84 Å². The number of likely N-dealkylation sites (tertiary alicyclic amines) is 1. The van der Waals surface area contributed by atoms with E-state index in [2.05, 4.69) is 26.3 Å². The van der Waals surface area contributed by atoms with Crippen molar-refractivity contribution in [1.29, 1.82) is 0 Å². The Kier molecular flexibility index (Phi) is 5.38. The number of nitrogens with one attached hydrogen (secondary N) is 1. The molecule has 28 heavy (non-hydrogen) atoms. The van der Waals surface area contributed by atoms with Crippen LogP contribution in [0.1, 0.15) is 12.0 Å². The number of rotatable bonds is 5. The average molecular weight is 379 g/mol. The van der Waals surface area contributed by atoms with E-state index in [-0.39, 0.29) is 6.04 Å². The molecule has 1 aromatic heterocycles. The van der Waals surface area contributed by atoms with Crippen molar-refractivity contribution in [2.45, 2.75) is 25.1 Å². The minimum absolute atomic E-state index is 0.141. The normalized spacial score (nSPS) is 20.2. The number of anilines is 2. The molecule has 0 aliphatic carbocycles. The van der Waals surface area contributed by atoms with Crippen LogP contribution >= 0.6 is 0 Å². The molecule has 0 bridgehead atoms. The van der Waals surface area contributed by atoms with E-state index >= 15 is 0 Å². The first-order valence-electron chi connectivity index (χ1n) is 9.43. The topological polar surface area (TPSA) is 96.5 Å². The molecule has 3 aromatic rings. The van der Waals surface area contributed by atoms with Gasteiger partial charge in [0.15, 0.2) is 0 Å². The number of nitrogens with zero attached hydrogens (tertiary/aromatic N) is 3. The fourth-order valence-corrected chi connectivity index (χ4v) is 3.64. The number of nitrogens with two attached hydrogens (primary N) is 1. The molecule has 2 atom stereocenters. The zero-order valence-corrected chi connectivity index (χ0v) is 15.9. The third kappa shape index (κ3) is 3.91. The molecule has 0 unspecified atom stereocenters. The highest BCUT2D eigenvalue weighted by molar-refractivity contribution is 5.93. The fraction of sp³-hybridized carbons (Fsp3) is 0.333. The largest absolute Gasteiger partial charge is 0.497 e. The second-order valence-electron chi connectivity index (χ2n) is 7.15. The summed E-state index contributed by atoms with van der Waals surface area (Å²) in [6.07, 6.45) is 1.87. The van der Waals surface area contributed by atoms with Gasteiger partial charge in [0.1, 0.15) is 17.9 Å². The lowest BCUT2D eigenvalue weighted by atomic mass is 10.0. The Balaban J connectivity index is 1.66. The summed E-state index contributed by atoms with van der Waals surface area (Å²) in [6.45, 7) is 2.14. The van der Waals surface area contributed by atoms with Crippen LogP contribution < -0.4 is 15.8 Å². The molecule has 7 nitrogen and oxygen atoms in total. The summed E-state index contributed by atoms with van der Waals surface area (Å²) in [5.74, 6) is 1.53. The van der Waals surface area contributed by atoms with Crippen molar-refractivity contribution in [3.63, 3.8) is 0 Å². The van der Waals surface area contributed by atoms with Gasteiger partial charge in [0.2, 0.25) is 0 Å². The SMILES string of the molecule is COc1cccc(Nc2ncnc3cccc(CN4CC[C@@H](N)[C@H](O)C4)c23)c1. The summed E-state index contributed by atoms with van der Waals surface area (Å²) in [5, 5.41) is 14.5. The Morgan fingerprint density at radius 1 is 1.25 bits per heavy atom. The van der Waals surface area contributed by atoms with E-state index in [1.54, 1.807) is 13.4 Å². The Bertz CT molecular complexity index is 959. The highest BCUT2D eigenvalue weighted by Gasteiger charge is 2.25. The van der Waals surface area contributed by atoms with Crippen molar-refractivity contribution in [3.8, 4) is 5.75 Å². The summed E-state index contributed by atoms with van der Waals surface area (Å²) >= 11 is 0. The van der Waals surface area contributed by atoms with Crippen LogP contribution in [0.25, 0.3) is 10.9 Å². The second kappa shape index (κ2) is 8.10. The highest BCUT2D eigenvalue weighted by Crippen LogP contribution is 2.29. The van der Waals surface area contributed by atoms with Gasteiger partial charge >= 0.3 is 0 Å². The molecule has 1 fully saturated rings. The van der Waals surface area contributed by atoms with Crippen LogP contribution in [0.5, 0.6) is 5.75 Å². The first kappa shape index (κ1) is 18.6. The van der Waals surface area contributed by atoms with Crippen molar-refractivity contribution in [2.75, 3.05) is 25.5 Å². The second-order valence-corrected chi connectivity index (χ2v) is 7.15. The zero-order chi connectivity index (χ0) is 19.5. The van der Waals surface area contributed by atoms with E-state index in [0.29, 0.717) is 13.1 Å². The van der Waals surface area contributed by atoms with Gasteiger partial charge in [-0.05, 0) is 30.2 Å². The Morgan fingerprint density at radius 3 is 2.93 bits per heavy atom. The third-order valence-electron chi connectivity index (χ3n) is 5.19. The molecule has 4 rings (SSSR count). The number of hydrogen-bond donors (Lipinski definition) is 3. The van der Waals surface area contributed by atoms with E-state index in [0.717, 1.165) is 46.7 Å². The summed E-state index contributed by atoms with van der Waals surface area (Å²) in [7, 11) is 1.65. The monoisotopic (exact) mass is 379 g/mol. The van der Waals surface area contributed by atoms with Crippen molar-refractivity contribution in [1.82, 2.24) is 14.9 Å². The number of hydrogen-bond acceptors (Lipinski definition) is 7. The van der Waals surface area contributed by atoms with E-state index in [1.807, 2.05) is 36.4 Å². The summed E-state index contributed by atoms with van der Waals surface area (Å²) in [4.78, 5) is 11.1. The van der Waals surface area contributed by atoms with Gasteiger partial charge in [0, 0.05) is 42.8 Å². The number of piperidine rings is 1. The predicted molar refractivity (Wildman–Crippen MR) is 110 cm³/mol.